The van der Waals surface area contributed by atoms with Gasteiger partial charge in [-0.1, -0.05) is 11.4 Å². The molecule has 1 rings (SSSR count). The van der Waals surface area contributed by atoms with Crippen LogP contribution in [0.15, 0.2) is 0 Å². The van der Waals surface area contributed by atoms with Crippen molar-refractivity contribution >= 4 is 18.9 Å². The van der Waals surface area contributed by atoms with E-state index >= 15 is 0 Å². The lowest BCUT2D eigenvalue weighted by Gasteiger charge is -2.14. The molecule has 0 amide bonds. The van der Waals surface area contributed by atoms with Gasteiger partial charge in [0.05, 0.1) is 6.61 Å². The molecule has 0 aromatic rings. The van der Waals surface area contributed by atoms with Gasteiger partial charge in [0.25, 0.3) is 0 Å². The Morgan fingerprint density at radius 2 is 2.38 bits per heavy atom. The molecule has 0 aromatic heterocycles. The van der Waals surface area contributed by atoms with Gasteiger partial charge in [-0.2, -0.15) is 0 Å². The molecule has 1 aliphatic rings. The van der Waals surface area contributed by atoms with Gasteiger partial charge in [-0.3, -0.25) is 4.67 Å². The van der Waals surface area contributed by atoms with Crippen molar-refractivity contribution in [3.05, 3.63) is 0 Å². The van der Waals surface area contributed by atoms with E-state index in [2.05, 4.69) is 18.8 Å². The molecule has 0 N–H and O–H groups in total. The fraction of sp³-hybridized carbons (Fsp3) is 1.00. The Balaban J connectivity index is 2.24. The molecule has 0 aromatic carbocycles. The highest BCUT2D eigenvalue weighted by Gasteiger charge is 2.18. The zero-order valence-electron chi connectivity index (χ0n) is 5.13. The van der Waals surface area contributed by atoms with Crippen LogP contribution in [0.5, 0.6) is 0 Å². The summed E-state index contributed by atoms with van der Waals surface area (Å²) in [5, 5.41) is 0. The van der Waals surface area contributed by atoms with Crippen LogP contribution in [-0.2, 0) is 4.52 Å². The Bertz CT molecular complexity index is 74.4. The van der Waals surface area contributed by atoms with Gasteiger partial charge in [0.1, 0.15) is 0 Å². The summed E-state index contributed by atoms with van der Waals surface area (Å²) in [5.41, 5.74) is 0. The predicted molar refractivity (Wildman–Crippen MR) is 39.0 cm³/mol. The van der Waals surface area contributed by atoms with Crippen LogP contribution < -0.4 is 0 Å². The molecule has 1 atom stereocenters. The van der Waals surface area contributed by atoms with E-state index in [1.165, 1.54) is 5.75 Å². The quantitative estimate of drug-likeness (QED) is 0.527. The minimum atomic E-state index is -0.254. The Morgan fingerprint density at radius 1 is 1.62 bits per heavy atom. The van der Waals surface area contributed by atoms with Gasteiger partial charge in [0.15, 0.2) is 7.50 Å². The third-order valence-electron chi connectivity index (χ3n) is 0.813. The lowest BCUT2D eigenvalue weighted by atomic mass is 10.9. The first kappa shape index (κ1) is 6.81. The number of hydrogen-bond acceptors (Lipinski definition) is 3. The van der Waals surface area contributed by atoms with Gasteiger partial charge in [0.2, 0.25) is 0 Å². The Morgan fingerprint density at radius 3 is 2.62 bits per heavy atom. The molecular formula is C4H10NOPS. The van der Waals surface area contributed by atoms with Gasteiger partial charge in [-0.15, -0.1) is 0 Å². The third kappa shape index (κ3) is 1.59. The molecule has 1 unspecified atom stereocenters. The van der Waals surface area contributed by atoms with Crippen LogP contribution in [0.2, 0.25) is 0 Å². The summed E-state index contributed by atoms with van der Waals surface area (Å²) in [7, 11) is 3.86. The molecular weight excluding hydrogens is 141 g/mol. The first-order valence-electron chi connectivity index (χ1n) is 2.54. The van der Waals surface area contributed by atoms with Crippen molar-refractivity contribution in [2.24, 2.45) is 0 Å². The molecule has 8 heavy (non-hydrogen) atoms. The first-order valence-corrected chi connectivity index (χ1v) is 5.34. The average molecular weight is 151 g/mol. The van der Waals surface area contributed by atoms with Crippen LogP contribution in [0.1, 0.15) is 0 Å². The maximum Gasteiger partial charge on any atom is 0.168 e. The number of hydrogen-bond donors (Lipinski definition) is 0. The van der Waals surface area contributed by atoms with Gasteiger partial charge in [-0.05, 0) is 14.1 Å². The van der Waals surface area contributed by atoms with Crippen LogP contribution in [0.25, 0.3) is 0 Å². The van der Waals surface area contributed by atoms with Crippen molar-refractivity contribution < 1.29 is 4.52 Å². The monoisotopic (exact) mass is 151 g/mol. The number of nitrogens with zero attached hydrogens (tertiary/aromatic N) is 1. The molecule has 0 spiro atoms. The van der Waals surface area contributed by atoms with E-state index in [-0.39, 0.29) is 7.50 Å². The predicted octanol–water partition coefficient (Wildman–Crippen LogP) is 1.54. The van der Waals surface area contributed by atoms with E-state index in [1.54, 1.807) is 0 Å². The van der Waals surface area contributed by atoms with E-state index < -0.39 is 0 Å². The smallest absolute Gasteiger partial charge is 0.168 e. The lowest BCUT2D eigenvalue weighted by Crippen LogP contribution is -2.00. The van der Waals surface area contributed by atoms with Crippen LogP contribution in [-0.4, -0.2) is 31.1 Å². The molecule has 0 saturated carbocycles. The molecule has 1 aliphatic heterocycles. The van der Waals surface area contributed by atoms with Crippen LogP contribution in [0, 0.1) is 0 Å². The first-order chi connectivity index (χ1) is 3.80. The summed E-state index contributed by atoms with van der Waals surface area (Å²) in [4.78, 5) is 0. The van der Waals surface area contributed by atoms with Gasteiger partial charge in [0, 0.05) is 5.75 Å². The molecule has 1 saturated heterocycles. The minimum Gasteiger partial charge on any atom is -0.334 e. The highest BCUT2D eigenvalue weighted by atomic mass is 32.7. The largest absolute Gasteiger partial charge is 0.334 e. The normalized spacial score (nSPS) is 29.6. The maximum atomic E-state index is 5.37. The molecule has 1 heterocycles. The minimum absolute atomic E-state index is 0.254. The Hall–Kier alpha value is 0.700. The average Bonchev–Trinajstić information content (AvgIpc) is 2.12. The van der Waals surface area contributed by atoms with Crippen LogP contribution in [0.4, 0.5) is 0 Å². The fourth-order valence-corrected chi connectivity index (χ4v) is 3.55. The van der Waals surface area contributed by atoms with Gasteiger partial charge in [-0.25, -0.2) is 0 Å². The fourth-order valence-electron chi connectivity index (χ4n) is 0.499. The van der Waals surface area contributed by atoms with Gasteiger partial charge < -0.3 is 4.52 Å². The van der Waals surface area contributed by atoms with E-state index in [0.717, 1.165) is 6.61 Å². The molecule has 48 valence electrons. The second-order valence-corrected chi connectivity index (χ2v) is 5.66. The van der Waals surface area contributed by atoms with Crippen molar-refractivity contribution in [2.75, 3.05) is 26.5 Å². The van der Waals surface area contributed by atoms with Gasteiger partial charge >= 0.3 is 0 Å². The Kier molecular flexibility index (Phi) is 2.57. The molecule has 0 bridgehead atoms. The lowest BCUT2D eigenvalue weighted by molar-refractivity contribution is 0.373. The van der Waals surface area contributed by atoms with E-state index in [4.69, 9.17) is 4.52 Å². The second kappa shape index (κ2) is 3.02. The third-order valence-corrected chi connectivity index (χ3v) is 4.95. The summed E-state index contributed by atoms with van der Waals surface area (Å²) in [6.45, 7) is 0.939. The van der Waals surface area contributed by atoms with Crippen LogP contribution >= 0.6 is 18.9 Å². The topological polar surface area (TPSA) is 12.5 Å². The van der Waals surface area contributed by atoms with Crippen molar-refractivity contribution in [3.63, 3.8) is 0 Å². The second-order valence-electron chi connectivity index (χ2n) is 1.75. The van der Waals surface area contributed by atoms with Crippen molar-refractivity contribution in [1.29, 1.82) is 0 Å². The van der Waals surface area contributed by atoms with Crippen LogP contribution in [0.3, 0.4) is 0 Å². The molecule has 4 heteroatoms. The molecule has 2 nitrogen and oxygen atoms in total. The summed E-state index contributed by atoms with van der Waals surface area (Å²) in [6.07, 6.45) is 0. The van der Waals surface area contributed by atoms with Crippen molar-refractivity contribution in [2.45, 2.75) is 0 Å². The van der Waals surface area contributed by atoms with E-state index in [0.29, 0.717) is 0 Å². The number of rotatable bonds is 1. The SMILES string of the molecule is CN(C)P1OCCS1. The zero-order chi connectivity index (χ0) is 5.98. The molecule has 1 fully saturated rings. The highest BCUT2D eigenvalue weighted by molar-refractivity contribution is 8.53. The van der Waals surface area contributed by atoms with E-state index in [1.807, 2.05) is 11.4 Å². The summed E-state index contributed by atoms with van der Waals surface area (Å²) < 4.78 is 7.51. The molecule has 0 aliphatic carbocycles. The summed E-state index contributed by atoms with van der Waals surface area (Å²) >= 11 is 1.92. The van der Waals surface area contributed by atoms with Crippen molar-refractivity contribution in [1.82, 2.24) is 4.67 Å². The maximum absolute atomic E-state index is 5.37. The zero-order valence-corrected chi connectivity index (χ0v) is 6.84. The summed E-state index contributed by atoms with van der Waals surface area (Å²) in [6, 6.07) is 0. The molecule has 0 radical (unpaired) electrons. The highest BCUT2D eigenvalue weighted by Crippen LogP contribution is 2.56. The summed E-state index contributed by atoms with van der Waals surface area (Å²) in [5.74, 6) is 1.17. The Labute approximate surface area is 55.2 Å². The standard InChI is InChI=1S/C4H10NOPS/c1-5(2)7-6-3-4-8-7/h3-4H2,1-2H3. The van der Waals surface area contributed by atoms with Crippen molar-refractivity contribution in [3.8, 4) is 0 Å². The van der Waals surface area contributed by atoms with E-state index in [9.17, 15) is 0 Å².